The lowest BCUT2D eigenvalue weighted by atomic mass is 10.1. The van der Waals surface area contributed by atoms with Crippen LogP contribution >= 0.6 is 0 Å². The molecule has 21 heavy (non-hydrogen) atoms. The third-order valence-corrected chi connectivity index (χ3v) is 2.59. The lowest BCUT2D eigenvalue weighted by molar-refractivity contribution is -0.137. The Morgan fingerprint density at radius 3 is 2.19 bits per heavy atom. The number of halogens is 3. The molecule has 6 heteroatoms. The smallest absolute Gasteiger partial charge is 0.314 e. The van der Waals surface area contributed by atoms with Gasteiger partial charge in [-0.25, -0.2) is 9.97 Å². The number of alkyl halides is 3. The Morgan fingerprint density at radius 1 is 1.05 bits per heavy atom. The van der Waals surface area contributed by atoms with Gasteiger partial charge >= 0.3 is 6.18 Å². The maximum Gasteiger partial charge on any atom is 0.416 e. The maximum atomic E-state index is 12.5. The Bertz CT molecular complexity index is 551. The molecule has 0 fully saturated rings. The van der Waals surface area contributed by atoms with Crippen LogP contribution < -0.4 is 5.32 Å². The molecule has 0 aliphatic rings. The number of nitrogens with one attached hydrogen (secondary N) is 1. The van der Waals surface area contributed by atoms with Crippen molar-refractivity contribution < 1.29 is 13.2 Å². The zero-order chi connectivity index (χ0) is 15.9. The molecule has 0 saturated heterocycles. The van der Waals surface area contributed by atoms with Crippen molar-refractivity contribution in [3.8, 4) is 11.3 Å². The van der Waals surface area contributed by atoms with Crippen molar-refractivity contribution in [1.82, 2.24) is 15.3 Å². The second-order valence-corrected chi connectivity index (χ2v) is 4.00. The minimum absolute atomic E-state index is 0.580. The predicted molar refractivity (Wildman–Crippen MR) is 76.6 cm³/mol. The van der Waals surface area contributed by atoms with Crippen LogP contribution in [0.3, 0.4) is 0 Å². The third-order valence-electron chi connectivity index (χ3n) is 2.59. The summed E-state index contributed by atoms with van der Waals surface area (Å²) in [5.74, 6) is 0. The van der Waals surface area contributed by atoms with Crippen LogP contribution in [0.2, 0.25) is 0 Å². The zero-order valence-corrected chi connectivity index (χ0v) is 12.2. The highest BCUT2D eigenvalue weighted by Gasteiger charge is 2.29. The van der Waals surface area contributed by atoms with Crippen LogP contribution in [-0.2, 0) is 12.7 Å². The van der Waals surface area contributed by atoms with Gasteiger partial charge in [-0.3, -0.25) is 0 Å². The van der Waals surface area contributed by atoms with Crippen LogP contribution in [0.4, 0.5) is 13.2 Å². The van der Waals surface area contributed by atoms with Crippen molar-refractivity contribution in [2.45, 2.75) is 26.6 Å². The van der Waals surface area contributed by atoms with E-state index in [2.05, 4.69) is 15.3 Å². The fraction of sp³-hybridized carbons (Fsp3) is 0.333. The lowest BCUT2D eigenvalue weighted by Crippen LogP contribution is -2.07. The Kier molecular flexibility index (Phi) is 6.30. The van der Waals surface area contributed by atoms with E-state index >= 15 is 0 Å². The van der Waals surface area contributed by atoms with Crippen molar-refractivity contribution >= 4 is 0 Å². The standard InChI is InChI=1S/C13H12F3N3.C2H6/c1-17-7-11-6-12(19-8-18-11)9-2-4-10(5-3-9)13(14,15)16;1-2/h2-6,8,17H,7H2,1H3;1-2H3. The molecule has 2 aromatic rings. The summed E-state index contributed by atoms with van der Waals surface area (Å²) in [6.07, 6.45) is -2.92. The van der Waals surface area contributed by atoms with Gasteiger partial charge in [0, 0.05) is 12.1 Å². The molecule has 0 spiro atoms. The van der Waals surface area contributed by atoms with Crippen LogP contribution in [0.25, 0.3) is 11.3 Å². The highest BCUT2D eigenvalue weighted by Crippen LogP contribution is 2.30. The normalized spacial score (nSPS) is 10.8. The average molecular weight is 297 g/mol. The number of nitrogens with zero attached hydrogens (tertiary/aromatic N) is 2. The molecule has 0 aliphatic carbocycles. The van der Waals surface area contributed by atoms with E-state index in [1.807, 2.05) is 13.8 Å². The molecular weight excluding hydrogens is 279 g/mol. The average Bonchev–Trinajstić information content (AvgIpc) is 2.49. The summed E-state index contributed by atoms with van der Waals surface area (Å²) in [7, 11) is 1.79. The Labute approximate surface area is 122 Å². The van der Waals surface area contributed by atoms with Crippen LogP contribution in [0.1, 0.15) is 25.1 Å². The SMILES string of the molecule is CC.CNCc1cc(-c2ccc(C(F)(F)F)cc2)ncn1. The molecule has 1 aromatic heterocycles. The molecule has 0 atom stereocenters. The van der Waals surface area contributed by atoms with Gasteiger partial charge in [0.2, 0.25) is 0 Å². The van der Waals surface area contributed by atoms with Gasteiger partial charge in [-0.15, -0.1) is 0 Å². The molecule has 0 radical (unpaired) electrons. The van der Waals surface area contributed by atoms with Gasteiger partial charge in [-0.2, -0.15) is 13.2 Å². The highest BCUT2D eigenvalue weighted by atomic mass is 19.4. The van der Waals surface area contributed by atoms with Gasteiger partial charge in [0.05, 0.1) is 17.0 Å². The van der Waals surface area contributed by atoms with Crippen molar-refractivity contribution in [2.24, 2.45) is 0 Å². The van der Waals surface area contributed by atoms with E-state index in [4.69, 9.17) is 0 Å². The number of hydrogen-bond acceptors (Lipinski definition) is 3. The topological polar surface area (TPSA) is 37.8 Å². The van der Waals surface area contributed by atoms with Crippen LogP contribution in [0.5, 0.6) is 0 Å². The first-order valence-corrected chi connectivity index (χ1v) is 6.64. The summed E-state index contributed by atoms with van der Waals surface area (Å²) in [6, 6.07) is 6.67. The van der Waals surface area contributed by atoms with E-state index in [-0.39, 0.29) is 0 Å². The number of hydrogen-bond donors (Lipinski definition) is 1. The van der Waals surface area contributed by atoms with Crippen molar-refractivity contribution in [3.63, 3.8) is 0 Å². The largest absolute Gasteiger partial charge is 0.416 e. The van der Waals surface area contributed by atoms with E-state index in [1.165, 1.54) is 18.5 Å². The van der Waals surface area contributed by atoms with E-state index in [9.17, 15) is 13.2 Å². The van der Waals surface area contributed by atoms with Crippen molar-refractivity contribution in [1.29, 1.82) is 0 Å². The fourth-order valence-corrected chi connectivity index (χ4v) is 1.66. The number of rotatable bonds is 3. The Hall–Kier alpha value is -1.95. The maximum absolute atomic E-state index is 12.5. The number of benzene rings is 1. The zero-order valence-electron chi connectivity index (χ0n) is 12.2. The second-order valence-electron chi connectivity index (χ2n) is 4.00. The molecule has 1 aromatic carbocycles. The van der Waals surface area contributed by atoms with Crippen LogP contribution in [-0.4, -0.2) is 17.0 Å². The molecule has 0 aliphatic heterocycles. The fourth-order valence-electron chi connectivity index (χ4n) is 1.66. The van der Waals surface area contributed by atoms with Gasteiger partial charge in [0.1, 0.15) is 6.33 Å². The van der Waals surface area contributed by atoms with Crippen LogP contribution in [0.15, 0.2) is 36.7 Å². The van der Waals surface area contributed by atoms with Gasteiger partial charge in [-0.05, 0) is 25.2 Å². The first-order chi connectivity index (χ1) is 10.0. The van der Waals surface area contributed by atoms with Crippen molar-refractivity contribution in [2.75, 3.05) is 7.05 Å². The predicted octanol–water partition coefficient (Wildman–Crippen LogP) is 3.91. The summed E-state index contributed by atoms with van der Waals surface area (Å²) in [5.41, 5.74) is 1.36. The van der Waals surface area contributed by atoms with E-state index in [1.54, 1.807) is 13.1 Å². The summed E-state index contributed by atoms with van der Waals surface area (Å²) in [6.45, 7) is 4.58. The van der Waals surface area contributed by atoms with Gasteiger partial charge in [0.15, 0.2) is 0 Å². The molecule has 0 saturated carbocycles. The van der Waals surface area contributed by atoms with Gasteiger partial charge < -0.3 is 5.32 Å². The van der Waals surface area contributed by atoms with Crippen LogP contribution in [0, 0.1) is 0 Å². The summed E-state index contributed by atoms with van der Waals surface area (Å²) >= 11 is 0. The monoisotopic (exact) mass is 297 g/mol. The summed E-state index contributed by atoms with van der Waals surface area (Å²) in [5, 5.41) is 2.95. The quantitative estimate of drug-likeness (QED) is 0.933. The molecule has 2 rings (SSSR count). The van der Waals surface area contributed by atoms with Crippen molar-refractivity contribution in [3.05, 3.63) is 47.9 Å². The van der Waals surface area contributed by atoms with Gasteiger partial charge in [0.25, 0.3) is 0 Å². The minimum Gasteiger partial charge on any atom is -0.314 e. The molecule has 0 unspecified atom stereocenters. The molecule has 1 heterocycles. The van der Waals surface area contributed by atoms with E-state index in [0.717, 1.165) is 17.8 Å². The minimum atomic E-state index is -4.32. The molecule has 114 valence electrons. The summed E-state index contributed by atoms with van der Waals surface area (Å²) < 4.78 is 37.4. The molecule has 0 bridgehead atoms. The first kappa shape index (κ1) is 17.1. The molecule has 0 amide bonds. The molecular formula is C15H18F3N3. The molecule has 3 nitrogen and oxygen atoms in total. The highest BCUT2D eigenvalue weighted by molar-refractivity contribution is 5.59. The molecule has 1 N–H and O–H groups in total. The first-order valence-electron chi connectivity index (χ1n) is 6.64. The van der Waals surface area contributed by atoms with E-state index in [0.29, 0.717) is 17.8 Å². The summed E-state index contributed by atoms with van der Waals surface area (Å²) in [4.78, 5) is 8.12. The lowest BCUT2D eigenvalue weighted by Gasteiger charge is -2.08. The second kappa shape index (κ2) is 7.73. The van der Waals surface area contributed by atoms with E-state index < -0.39 is 11.7 Å². The third kappa shape index (κ3) is 4.82. The van der Waals surface area contributed by atoms with Gasteiger partial charge in [-0.1, -0.05) is 26.0 Å². The Balaban J connectivity index is 0.00000106. The Morgan fingerprint density at radius 2 is 1.67 bits per heavy atom. The number of aromatic nitrogens is 2.